The van der Waals surface area contributed by atoms with Crippen molar-refractivity contribution < 1.29 is 9.59 Å². The molecule has 0 aliphatic carbocycles. The van der Waals surface area contributed by atoms with E-state index in [2.05, 4.69) is 26.1 Å². The summed E-state index contributed by atoms with van der Waals surface area (Å²) >= 11 is 1.63. The van der Waals surface area contributed by atoms with Crippen LogP contribution in [0.4, 0.5) is 0 Å². The number of nitrogens with zero attached hydrogens (tertiary/aromatic N) is 1. The lowest BCUT2D eigenvalue weighted by Crippen LogP contribution is -2.49. The second-order valence-corrected chi connectivity index (χ2v) is 8.44. The number of carbonyl (C=O) groups excluding carboxylic acids is 2. The quantitative estimate of drug-likeness (QED) is 0.907. The SMILES string of the molecule is CC[C@H](C)NC(=O)[C@@H]1CSCN1C(=O)c1ccc(C(C)(C)C)cc1. The number of hydrogen-bond acceptors (Lipinski definition) is 3. The van der Waals surface area contributed by atoms with E-state index >= 15 is 0 Å². The number of thioether (sulfide) groups is 1. The van der Waals surface area contributed by atoms with Crippen molar-refractivity contribution in [3.8, 4) is 0 Å². The summed E-state index contributed by atoms with van der Waals surface area (Å²) in [7, 11) is 0. The monoisotopic (exact) mass is 348 g/mol. The van der Waals surface area contributed by atoms with Gasteiger partial charge in [-0.2, -0.15) is 0 Å². The van der Waals surface area contributed by atoms with Crippen LogP contribution in [0.1, 0.15) is 57.0 Å². The standard InChI is InChI=1S/C19H28N2O2S/c1-6-13(2)20-17(22)16-11-24-12-21(16)18(23)14-7-9-15(10-8-14)19(3,4)5/h7-10,13,16H,6,11-12H2,1-5H3,(H,20,22)/t13-,16-/m0/s1. The van der Waals surface area contributed by atoms with Crippen molar-refractivity contribution in [1.82, 2.24) is 10.2 Å². The van der Waals surface area contributed by atoms with Gasteiger partial charge in [-0.3, -0.25) is 9.59 Å². The van der Waals surface area contributed by atoms with Crippen LogP contribution in [0.5, 0.6) is 0 Å². The molecule has 1 aromatic rings. The third-order valence-electron chi connectivity index (χ3n) is 4.44. The van der Waals surface area contributed by atoms with E-state index in [-0.39, 0.29) is 29.3 Å². The van der Waals surface area contributed by atoms with Crippen LogP contribution in [0.2, 0.25) is 0 Å². The molecule has 0 bridgehead atoms. The van der Waals surface area contributed by atoms with Crippen molar-refractivity contribution in [2.75, 3.05) is 11.6 Å². The van der Waals surface area contributed by atoms with Crippen molar-refractivity contribution in [3.05, 3.63) is 35.4 Å². The third-order valence-corrected chi connectivity index (χ3v) is 5.46. The zero-order valence-corrected chi connectivity index (χ0v) is 16.1. The summed E-state index contributed by atoms with van der Waals surface area (Å²) in [5, 5.41) is 2.99. The summed E-state index contributed by atoms with van der Waals surface area (Å²) in [6, 6.07) is 7.50. The first-order valence-electron chi connectivity index (χ1n) is 8.53. The van der Waals surface area contributed by atoms with E-state index in [1.807, 2.05) is 38.1 Å². The summed E-state index contributed by atoms with van der Waals surface area (Å²) in [4.78, 5) is 26.9. The van der Waals surface area contributed by atoms with E-state index in [9.17, 15) is 9.59 Å². The average Bonchev–Trinajstić information content (AvgIpc) is 3.03. The van der Waals surface area contributed by atoms with E-state index in [1.165, 1.54) is 5.56 Å². The van der Waals surface area contributed by atoms with Gasteiger partial charge >= 0.3 is 0 Å². The maximum Gasteiger partial charge on any atom is 0.255 e. The fourth-order valence-corrected chi connectivity index (χ4v) is 3.73. The highest BCUT2D eigenvalue weighted by molar-refractivity contribution is 7.99. The van der Waals surface area contributed by atoms with Crippen LogP contribution in [0, 0.1) is 0 Å². The Morgan fingerprint density at radius 2 is 1.92 bits per heavy atom. The highest BCUT2D eigenvalue weighted by Gasteiger charge is 2.35. The van der Waals surface area contributed by atoms with Crippen LogP contribution in [-0.2, 0) is 10.2 Å². The van der Waals surface area contributed by atoms with E-state index < -0.39 is 0 Å². The van der Waals surface area contributed by atoms with Gasteiger partial charge in [-0.25, -0.2) is 0 Å². The smallest absolute Gasteiger partial charge is 0.255 e. The predicted molar refractivity (Wildman–Crippen MR) is 100 cm³/mol. The molecule has 1 heterocycles. The minimum absolute atomic E-state index is 0.0472. The van der Waals surface area contributed by atoms with Gasteiger partial charge in [0.25, 0.3) is 5.91 Å². The lowest BCUT2D eigenvalue weighted by atomic mass is 9.86. The minimum Gasteiger partial charge on any atom is -0.352 e. The van der Waals surface area contributed by atoms with Crippen LogP contribution < -0.4 is 5.32 Å². The van der Waals surface area contributed by atoms with Crippen molar-refractivity contribution in [2.45, 2.75) is 58.5 Å². The van der Waals surface area contributed by atoms with Gasteiger partial charge in [-0.1, -0.05) is 39.8 Å². The normalized spacial score (nSPS) is 19.2. The molecule has 0 spiro atoms. The molecular weight excluding hydrogens is 320 g/mol. The topological polar surface area (TPSA) is 49.4 Å². The highest BCUT2D eigenvalue weighted by Crippen LogP contribution is 2.26. The molecule has 5 heteroatoms. The lowest BCUT2D eigenvalue weighted by molar-refractivity contribution is -0.125. The number of carbonyl (C=O) groups is 2. The molecule has 1 aliphatic heterocycles. The number of hydrogen-bond donors (Lipinski definition) is 1. The average molecular weight is 349 g/mol. The molecule has 2 atom stereocenters. The highest BCUT2D eigenvalue weighted by atomic mass is 32.2. The molecule has 1 N–H and O–H groups in total. The Labute approximate surface area is 149 Å². The number of amides is 2. The second kappa shape index (κ2) is 7.60. The van der Waals surface area contributed by atoms with E-state index in [4.69, 9.17) is 0 Å². The summed E-state index contributed by atoms with van der Waals surface area (Å²) in [6.07, 6.45) is 0.883. The zero-order valence-electron chi connectivity index (χ0n) is 15.3. The lowest BCUT2D eigenvalue weighted by Gasteiger charge is -2.25. The van der Waals surface area contributed by atoms with Gasteiger partial charge in [0.05, 0.1) is 5.88 Å². The van der Waals surface area contributed by atoms with Crippen molar-refractivity contribution in [1.29, 1.82) is 0 Å². The Kier molecular flexibility index (Phi) is 5.97. The fourth-order valence-electron chi connectivity index (χ4n) is 2.58. The van der Waals surface area contributed by atoms with Gasteiger partial charge in [-0.15, -0.1) is 11.8 Å². The van der Waals surface area contributed by atoms with Crippen LogP contribution in [0.3, 0.4) is 0 Å². The van der Waals surface area contributed by atoms with Crippen molar-refractivity contribution in [3.63, 3.8) is 0 Å². The molecule has 2 amide bonds. The van der Waals surface area contributed by atoms with Gasteiger partial charge in [0, 0.05) is 17.4 Å². The maximum absolute atomic E-state index is 12.8. The summed E-state index contributed by atoms with van der Waals surface area (Å²) in [6.45, 7) is 10.5. The minimum atomic E-state index is -0.376. The fraction of sp³-hybridized carbons (Fsp3) is 0.579. The third kappa shape index (κ3) is 4.32. The predicted octanol–water partition coefficient (Wildman–Crippen LogP) is 3.41. The molecule has 0 radical (unpaired) electrons. The Morgan fingerprint density at radius 3 is 2.46 bits per heavy atom. The number of rotatable bonds is 4. The largest absolute Gasteiger partial charge is 0.352 e. The summed E-state index contributed by atoms with van der Waals surface area (Å²) in [5.41, 5.74) is 1.90. The molecule has 4 nitrogen and oxygen atoms in total. The van der Waals surface area contributed by atoms with Gasteiger partial charge in [-0.05, 0) is 36.5 Å². The Hall–Kier alpha value is -1.49. The van der Waals surface area contributed by atoms with Crippen molar-refractivity contribution >= 4 is 23.6 Å². The summed E-state index contributed by atoms with van der Waals surface area (Å²) in [5.74, 6) is 1.12. The molecule has 2 rings (SSSR count). The van der Waals surface area contributed by atoms with E-state index in [0.717, 1.165) is 6.42 Å². The Balaban J connectivity index is 2.11. The molecule has 0 unspecified atom stereocenters. The maximum atomic E-state index is 12.8. The molecule has 1 aromatic carbocycles. The molecule has 24 heavy (non-hydrogen) atoms. The number of nitrogens with one attached hydrogen (secondary N) is 1. The number of benzene rings is 1. The first-order valence-corrected chi connectivity index (χ1v) is 9.69. The molecule has 1 saturated heterocycles. The second-order valence-electron chi connectivity index (χ2n) is 7.44. The van der Waals surface area contributed by atoms with E-state index in [1.54, 1.807) is 16.7 Å². The van der Waals surface area contributed by atoms with Crippen LogP contribution >= 0.6 is 11.8 Å². The molecule has 0 aromatic heterocycles. The van der Waals surface area contributed by atoms with Crippen LogP contribution in [0.15, 0.2) is 24.3 Å². The molecular formula is C19H28N2O2S. The van der Waals surface area contributed by atoms with Gasteiger partial charge in [0.2, 0.25) is 5.91 Å². The first kappa shape index (κ1) is 18.8. The van der Waals surface area contributed by atoms with Crippen molar-refractivity contribution in [2.24, 2.45) is 0 Å². The van der Waals surface area contributed by atoms with Gasteiger partial charge in [0.15, 0.2) is 0 Å². The summed E-state index contributed by atoms with van der Waals surface area (Å²) < 4.78 is 0. The van der Waals surface area contributed by atoms with E-state index in [0.29, 0.717) is 17.2 Å². The van der Waals surface area contributed by atoms with Gasteiger partial charge < -0.3 is 10.2 Å². The molecule has 1 aliphatic rings. The van der Waals surface area contributed by atoms with Crippen LogP contribution in [-0.4, -0.2) is 40.4 Å². The Morgan fingerprint density at radius 1 is 1.29 bits per heavy atom. The molecule has 0 saturated carbocycles. The molecule has 1 fully saturated rings. The first-order chi connectivity index (χ1) is 11.2. The van der Waals surface area contributed by atoms with Crippen LogP contribution in [0.25, 0.3) is 0 Å². The molecule has 132 valence electrons. The Bertz CT molecular complexity index is 592. The van der Waals surface area contributed by atoms with Gasteiger partial charge in [0.1, 0.15) is 6.04 Å². The zero-order chi connectivity index (χ0) is 17.9.